The number of nitrogen functional groups attached to an aromatic ring is 1. The minimum atomic E-state index is 0.648. The Balaban J connectivity index is 2.37. The number of nitrogens with zero attached hydrogens (tertiary/aromatic N) is 2. The van der Waals surface area contributed by atoms with Gasteiger partial charge in [-0.05, 0) is 12.2 Å². The molecule has 0 aromatic carbocycles. The Morgan fingerprint density at radius 2 is 2.31 bits per heavy atom. The van der Waals surface area contributed by atoms with Gasteiger partial charge in [-0.15, -0.1) is 0 Å². The summed E-state index contributed by atoms with van der Waals surface area (Å²) in [6.07, 6.45) is 2.00. The van der Waals surface area contributed by atoms with Crippen molar-refractivity contribution in [1.29, 1.82) is 0 Å². The Labute approximate surface area is 83.7 Å². The molecule has 0 amide bonds. The van der Waals surface area contributed by atoms with E-state index in [1.165, 1.54) is 0 Å². The van der Waals surface area contributed by atoms with E-state index in [0.29, 0.717) is 11.1 Å². The molecule has 1 aromatic heterocycles. The van der Waals surface area contributed by atoms with Crippen LogP contribution in [0.25, 0.3) is 0 Å². The molecule has 2 N–H and O–H groups in total. The van der Waals surface area contributed by atoms with Crippen LogP contribution in [0.1, 0.15) is 19.4 Å². The lowest BCUT2D eigenvalue weighted by atomic mass is 10.4. The quantitative estimate of drug-likeness (QED) is 0.805. The highest BCUT2D eigenvalue weighted by Gasteiger charge is 2.00. The zero-order chi connectivity index (χ0) is 9.84. The van der Waals surface area contributed by atoms with Gasteiger partial charge in [0.15, 0.2) is 0 Å². The van der Waals surface area contributed by atoms with Gasteiger partial charge in [0.1, 0.15) is 5.82 Å². The highest BCUT2D eigenvalue weighted by molar-refractivity contribution is 7.99. The van der Waals surface area contributed by atoms with E-state index in [9.17, 15) is 0 Å². The number of aryl methyl sites for hydroxylation is 2. The summed E-state index contributed by atoms with van der Waals surface area (Å²) in [5, 5.41) is 4.88. The molecule has 0 bridgehead atoms. The predicted octanol–water partition coefficient (Wildman–Crippen LogP) is 1.92. The standard InChI is InChI=1S/C9H17N3S/c1-7(2)13-5-4-12-6-8(3)9(10)11-12/h6-7H,4-5H2,1-3H3,(H2,10,11). The van der Waals surface area contributed by atoms with Gasteiger partial charge in [0.25, 0.3) is 0 Å². The molecular weight excluding hydrogens is 182 g/mol. The van der Waals surface area contributed by atoms with E-state index < -0.39 is 0 Å². The summed E-state index contributed by atoms with van der Waals surface area (Å²) in [6.45, 7) is 7.33. The Morgan fingerprint density at radius 3 is 2.77 bits per heavy atom. The van der Waals surface area contributed by atoms with E-state index in [1.54, 1.807) is 0 Å². The van der Waals surface area contributed by atoms with Crippen LogP contribution in [0.3, 0.4) is 0 Å². The summed E-state index contributed by atoms with van der Waals surface area (Å²) in [7, 11) is 0. The van der Waals surface area contributed by atoms with Gasteiger partial charge in [-0.2, -0.15) is 16.9 Å². The number of thioether (sulfide) groups is 1. The van der Waals surface area contributed by atoms with Crippen LogP contribution in [-0.4, -0.2) is 20.8 Å². The zero-order valence-electron chi connectivity index (χ0n) is 8.45. The second-order valence-corrected chi connectivity index (χ2v) is 5.06. The van der Waals surface area contributed by atoms with E-state index in [-0.39, 0.29) is 0 Å². The van der Waals surface area contributed by atoms with Crippen LogP contribution in [0.4, 0.5) is 5.82 Å². The molecule has 0 saturated carbocycles. The summed E-state index contributed by atoms with van der Waals surface area (Å²) in [5.74, 6) is 1.74. The highest BCUT2D eigenvalue weighted by atomic mass is 32.2. The molecule has 0 saturated heterocycles. The Bertz CT molecular complexity index is 248. The Morgan fingerprint density at radius 1 is 1.62 bits per heavy atom. The molecule has 1 rings (SSSR count). The third kappa shape index (κ3) is 3.30. The minimum Gasteiger partial charge on any atom is -0.382 e. The average molecular weight is 199 g/mol. The Hall–Kier alpha value is -0.640. The van der Waals surface area contributed by atoms with Crippen LogP contribution in [-0.2, 0) is 6.54 Å². The van der Waals surface area contributed by atoms with Crippen molar-refractivity contribution in [3.8, 4) is 0 Å². The molecule has 0 radical (unpaired) electrons. The maximum Gasteiger partial charge on any atom is 0.148 e. The summed E-state index contributed by atoms with van der Waals surface area (Å²) in [4.78, 5) is 0. The third-order valence-electron chi connectivity index (χ3n) is 1.75. The molecule has 3 nitrogen and oxygen atoms in total. The molecule has 1 aromatic rings. The fourth-order valence-electron chi connectivity index (χ4n) is 1.03. The molecule has 4 heteroatoms. The molecule has 74 valence electrons. The zero-order valence-corrected chi connectivity index (χ0v) is 9.27. The van der Waals surface area contributed by atoms with Gasteiger partial charge < -0.3 is 5.73 Å². The van der Waals surface area contributed by atoms with E-state index >= 15 is 0 Å². The van der Waals surface area contributed by atoms with Crippen molar-refractivity contribution in [2.45, 2.75) is 32.6 Å². The van der Waals surface area contributed by atoms with Crippen molar-refractivity contribution in [3.05, 3.63) is 11.8 Å². The molecule has 0 aliphatic rings. The lowest BCUT2D eigenvalue weighted by Crippen LogP contribution is -2.03. The van der Waals surface area contributed by atoms with Crippen LogP contribution in [0.5, 0.6) is 0 Å². The smallest absolute Gasteiger partial charge is 0.148 e. The maximum absolute atomic E-state index is 5.63. The molecule has 13 heavy (non-hydrogen) atoms. The van der Waals surface area contributed by atoms with Gasteiger partial charge in [0.05, 0.1) is 6.54 Å². The average Bonchev–Trinajstić information content (AvgIpc) is 2.30. The lowest BCUT2D eigenvalue weighted by molar-refractivity contribution is 0.668. The van der Waals surface area contributed by atoms with E-state index in [1.807, 2.05) is 29.6 Å². The first-order valence-corrected chi connectivity index (χ1v) is 5.55. The second kappa shape index (κ2) is 4.56. The van der Waals surface area contributed by atoms with Crippen LogP contribution in [0.2, 0.25) is 0 Å². The summed E-state index contributed by atoms with van der Waals surface area (Å²) >= 11 is 1.94. The number of anilines is 1. The first-order valence-electron chi connectivity index (χ1n) is 4.50. The van der Waals surface area contributed by atoms with Crippen LogP contribution < -0.4 is 5.73 Å². The first-order chi connectivity index (χ1) is 6.09. The van der Waals surface area contributed by atoms with E-state index in [4.69, 9.17) is 5.73 Å². The third-order valence-corrected chi connectivity index (χ3v) is 2.84. The predicted molar refractivity (Wildman–Crippen MR) is 59.0 cm³/mol. The number of nitrogens with two attached hydrogens (primary N) is 1. The van der Waals surface area contributed by atoms with E-state index in [2.05, 4.69) is 18.9 Å². The maximum atomic E-state index is 5.63. The van der Waals surface area contributed by atoms with Crippen LogP contribution in [0, 0.1) is 6.92 Å². The second-order valence-electron chi connectivity index (χ2n) is 3.38. The van der Waals surface area contributed by atoms with Crippen molar-refractivity contribution in [2.24, 2.45) is 0 Å². The number of aromatic nitrogens is 2. The van der Waals surface area contributed by atoms with Gasteiger partial charge >= 0.3 is 0 Å². The van der Waals surface area contributed by atoms with Crippen molar-refractivity contribution >= 4 is 17.6 Å². The van der Waals surface area contributed by atoms with Gasteiger partial charge in [0, 0.05) is 17.5 Å². The first kappa shape index (κ1) is 10.4. The molecule has 0 atom stereocenters. The van der Waals surface area contributed by atoms with Crippen molar-refractivity contribution < 1.29 is 0 Å². The van der Waals surface area contributed by atoms with Gasteiger partial charge in [-0.3, -0.25) is 4.68 Å². The topological polar surface area (TPSA) is 43.8 Å². The highest BCUT2D eigenvalue weighted by Crippen LogP contribution is 2.11. The van der Waals surface area contributed by atoms with E-state index in [0.717, 1.165) is 17.9 Å². The van der Waals surface area contributed by atoms with Crippen LogP contribution in [0.15, 0.2) is 6.20 Å². The number of hydrogen-bond donors (Lipinski definition) is 1. The Kier molecular flexibility index (Phi) is 3.66. The number of hydrogen-bond acceptors (Lipinski definition) is 3. The summed E-state index contributed by atoms with van der Waals surface area (Å²) < 4.78 is 1.92. The van der Waals surface area contributed by atoms with Gasteiger partial charge in [0.2, 0.25) is 0 Å². The van der Waals surface area contributed by atoms with Gasteiger partial charge in [-0.25, -0.2) is 0 Å². The van der Waals surface area contributed by atoms with Crippen molar-refractivity contribution in [2.75, 3.05) is 11.5 Å². The molecular formula is C9H17N3S. The molecule has 0 unspecified atom stereocenters. The fourth-order valence-corrected chi connectivity index (χ4v) is 1.80. The molecule has 1 heterocycles. The largest absolute Gasteiger partial charge is 0.382 e. The normalized spacial score (nSPS) is 11.1. The minimum absolute atomic E-state index is 0.648. The lowest BCUT2D eigenvalue weighted by Gasteiger charge is -2.03. The monoisotopic (exact) mass is 199 g/mol. The summed E-state index contributed by atoms with van der Waals surface area (Å²) in [5.41, 5.74) is 6.70. The molecule has 0 aliphatic heterocycles. The molecule has 0 aliphatic carbocycles. The molecule has 0 fully saturated rings. The van der Waals surface area contributed by atoms with Gasteiger partial charge in [-0.1, -0.05) is 13.8 Å². The SMILES string of the molecule is Cc1cn(CCSC(C)C)nc1N. The fraction of sp³-hybridized carbons (Fsp3) is 0.667. The van der Waals surface area contributed by atoms with Crippen molar-refractivity contribution in [3.63, 3.8) is 0 Å². The van der Waals surface area contributed by atoms with Crippen LogP contribution >= 0.6 is 11.8 Å². The molecule has 0 spiro atoms. The summed E-state index contributed by atoms with van der Waals surface area (Å²) in [6, 6.07) is 0. The van der Waals surface area contributed by atoms with Crippen molar-refractivity contribution in [1.82, 2.24) is 9.78 Å². The number of rotatable bonds is 4.